The van der Waals surface area contributed by atoms with Crippen LogP contribution in [0.25, 0.3) is 0 Å². The molecule has 0 bridgehead atoms. The lowest BCUT2D eigenvalue weighted by molar-refractivity contribution is -0.375. The molecule has 5 aromatic carbocycles. The fourth-order valence-electron chi connectivity index (χ4n) is 7.97. The summed E-state index contributed by atoms with van der Waals surface area (Å²) >= 11 is 0. The quantitative estimate of drug-likeness (QED) is 0.102. The predicted octanol–water partition coefficient (Wildman–Crippen LogP) is 6.23. The van der Waals surface area contributed by atoms with Gasteiger partial charge < -0.3 is 52.1 Å². The summed E-state index contributed by atoms with van der Waals surface area (Å²) < 4.78 is 69.4. The molecule has 4 heterocycles. The molecule has 0 N–H and O–H groups in total. The molecule has 0 spiro atoms. The number of ether oxygens (including phenoxy) is 11. The molecule has 15 heteroatoms. The van der Waals surface area contributed by atoms with Crippen LogP contribution in [0.4, 0.5) is 0 Å². The fourth-order valence-corrected chi connectivity index (χ4v) is 7.97. The first-order valence-corrected chi connectivity index (χ1v) is 20.9. The van der Waals surface area contributed by atoms with Gasteiger partial charge in [-0.2, -0.15) is 0 Å². The molecule has 0 aromatic heterocycles. The highest BCUT2D eigenvalue weighted by molar-refractivity contribution is 5.91. The summed E-state index contributed by atoms with van der Waals surface area (Å²) in [7, 11) is 0. The summed E-state index contributed by atoms with van der Waals surface area (Å²) in [5.41, 5.74) is 1.42. The predicted molar refractivity (Wildman–Crippen MR) is 221 cm³/mol. The van der Waals surface area contributed by atoms with Crippen molar-refractivity contribution in [3.63, 3.8) is 0 Å². The number of fused-ring (bicyclic) bond motifs is 2. The van der Waals surface area contributed by atoms with Gasteiger partial charge in [-0.25, -0.2) is 19.2 Å². The van der Waals surface area contributed by atoms with Gasteiger partial charge in [-0.05, 0) is 55.5 Å². The molecule has 15 nitrogen and oxygen atoms in total. The largest absolute Gasteiger partial charge is 0.459 e. The van der Waals surface area contributed by atoms with E-state index in [4.69, 9.17) is 52.1 Å². The smallest absolute Gasteiger partial charge is 0.338 e. The van der Waals surface area contributed by atoms with Gasteiger partial charge >= 0.3 is 23.9 Å². The van der Waals surface area contributed by atoms with Crippen molar-refractivity contribution < 1.29 is 71.3 Å². The molecule has 4 aliphatic heterocycles. The average Bonchev–Trinajstić information content (AvgIpc) is 3.73. The van der Waals surface area contributed by atoms with Crippen molar-refractivity contribution in [3.8, 4) is 0 Å². The van der Waals surface area contributed by atoms with E-state index in [2.05, 4.69) is 0 Å². The number of hydrogen-bond donors (Lipinski definition) is 0. The van der Waals surface area contributed by atoms with Crippen LogP contribution in [0, 0.1) is 0 Å². The van der Waals surface area contributed by atoms with Gasteiger partial charge in [0.1, 0.15) is 37.1 Å². The lowest BCUT2D eigenvalue weighted by Crippen LogP contribution is -2.67. The molecule has 5 aromatic rings. The topological polar surface area (TPSA) is 170 Å². The van der Waals surface area contributed by atoms with Gasteiger partial charge in [0.15, 0.2) is 43.5 Å². The highest BCUT2D eigenvalue weighted by Crippen LogP contribution is 2.42. The van der Waals surface area contributed by atoms with E-state index in [9.17, 15) is 19.2 Å². The fraction of sp³-hybridized carbons (Fsp3) is 0.306. The summed E-state index contributed by atoms with van der Waals surface area (Å²) in [5, 5.41) is 0. The van der Waals surface area contributed by atoms with E-state index in [0.717, 1.165) is 5.56 Å². The average molecular weight is 873 g/mol. The van der Waals surface area contributed by atoms with Crippen LogP contribution < -0.4 is 0 Å². The molecule has 4 saturated heterocycles. The summed E-state index contributed by atoms with van der Waals surface area (Å²) in [6.45, 7) is 1.24. The third kappa shape index (κ3) is 9.61. The van der Waals surface area contributed by atoms with E-state index >= 15 is 0 Å². The second-order valence-corrected chi connectivity index (χ2v) is 15.3. The summed E-state index contributed by atoms with van der Waals surface area (Å²) in [6, 6.07) is 41.9. The Labute approximate surface area is 367 Å². The molecule has 9 rings (SSSR count). The zero-order valence-corrected chi connectivity index (χ0v) is 34.4. The Morgan fingerprint density at radius 3 is 1.53 bits per heavy atom. The highest BCUT2D eigenvalue weighted by Gasteiger charge is 2.59. The minimum atomic E-state index is -1.65. The van der Waals surface area contributed by atoms with Gasteiger partial charge in [0, 0.05) is 5.56 Å². The van der Waals surface area contributed by atoms with Crippen LogP contribution in [0.1, 0.15) is 60.2 Å². The number of rotatable bonds is 12. The maximum Gasteiger partial charge on any atom is 0.338 e. The third-order valence-corrected chi connectivity index (χ3v) is 11.1. The van der Waals surface area contributed by atoms with Crippen LogP contribution in [0.2, 0.25) is 0 Å². The lowest BCUT2D eigenvalue weighted by atomic mass is 9.95. The van der Waals surface area contributed by atoms with E-state index in [1.807, 2.05) is 30.3 Å². The molecule has 2 unspecified atom stereocenters. The maximum atomic E-state index is 14.2. The normalized spacial score (nSPS) is 29.6. The van der Waals surface area contributed by atoms with Crippen molar-refractivity contribution in [2.45, 2.75) is 80.9 Å². The van der Waals surface area contributed by atoms with Gasteiger partial charge in [0.2, 0.25) is 0 Å². The van der Waals surface area contributed by atoms with Gasteiger partial charge in [-0.1, -0.05) is 103 Å². The molecule has 330 valence electrons. The van der Waals surface area contributed by atoms with E-state index < -0.39 is 104 Å². The monoisotopic (exact) mass is 872 g/mol. The van der Waals surface area contributed by atoms with Crippen molar-refractivity contribution in [1.82, 2.24) is 0 Å². The number of hydrogen-bond acceptors (Lipinski definition) is 15. The molecule has 12 atom stereocenters. The summed E-state index contributed by atoms with van der Waals surface area (Å²) in [6.07, 6.45) is -14.0. The zero-order valence-electron chi connectivity index (χ0n) is 34.4. The minimum Gasteiger partial charge on any atom is -0.459 e. The van der Waals surface area contributed by atoms with Gasteiger partial charge in [0.05, 0.1) is 28.9 Å². The van der Waals surface area contributed by atoms with Crippen LogP contribution in [-0.4, -0.2) is 105 Å². The molecule has 0 amide bonds. The van der Waals surface area contributed by atoms with E-state index in [-0.39, 0.29) is 28.9 Å². The number of carbonyl (C=O) groups is 4. The SMILES string of the molecule is CC1O[C@@H]2O[C@@H]3COC(c4ccccc4)O[C@H]3[C@H](O[C@H]3O[C@H](COC(=O)c4ccccc4)[C@@H](OC(=O)c4ccccc4)[C@H](OC(=O)c4ccccc4)[C@@H]3OC(=O)c3ccccc3)[C@@H]2O1. The number of carbonyl (C=O) groups excluding carboxylic acids is 4. The Kier molecular flexibility index (Phi) is 13.2. The molecule has 0 aliphatic carbocycles. The molecule has 0 saturated carbocycles. The Morgan fingerprint density at radius 2 is 0.984 bits per heavy atom. The molecular weight excluding hydrogens is 829 g/mol. The molecule has 64 heavy (non-hydrogen) atoms. The standard InChI is InChI=1S/C49H44O15/c1-29-56-41-40(38-36(58-48(41)57-29)28-55-47(63-38)34-25-15-6-16-26-34)64-49-42(62-46(53)33-23-13-5-14-24-33)39(61-45(52)32-21-11-4-12-22-32)37(60-44(51)31-19-9-3-10-20-31)35(59-49)27-54-43(50)30-17-7-2-8-18-30/h2-26,29,35-42,47-49H,27-28H2,1H3/t29?,35-,36-,37-,38-,39+,40+,41+,42+,47?,48-,49-/m1/s1. The number of esters is 4. The Morgan fingerprint density at radius 1 is 0.500 bits per heavy atom. The molecular formula is C49H44O15. The summed E-state index contributed by atoms with van der Waals surface area (Å²) in [5.74, 6) is -3.23. The third-order valence-electron chi connectivity index (χ3n) is 11.1. The molecule has 4 aliphatic rings. The van der Waals surface area contributed by atoms with Gasteiger partial charge in [-0.15, -0.1) is 0 Å². The van der Waals surface area contributed by atoms with Crippen LogP contribution in [0.5, 0.6) is 0 Å². The lowest BCUT2D eigenvalue weighted by Gasteiger charge is -2.49. The Hall–Kier alpha value is -6.30. The van der Waals surface area contributed by atoms with Crippen molar-refractivity contribution in [2.24, 2.45) is 0 Å². The van der Waals surface area contributed by atoms with Crippen molar-refractivity contribution in [2.75, 3.05) is 13.2 Å². The van der Waals surface area contributed by atoms with E-state index in [0.29, 0.717) is 0 Å². The Bertz CT molecular complexity index is 2350. The Balaban J connectivity index is 1.13. The van der Waals surface area contributed by atoms with E-state index in [1.54, 1.807) is 116 Å². The van der Waals surface area contributed by atoms with Crippen LogP contribution in [-0.2, 0) is 52.1 Å². The zero-order chi connectivity index (χ0) is 44.0. The second kappa shape index (κ2) is 19.6. The minimum absolute atomic E-state index is 0.0792. The van der Waals surface area contributed by atoms with Crippen LogP contribution in [0.15, 0.2) is 152 Å². The molecule has 0 radical (unpaired) electrons. The maximum absolute atomic E-state index is 14.2. The molecule has 4 fully saturated rings. The summed E-state index contributed by atoms with van der Waals surface area (Å²) in [4.78, 5) is 55.8. The van der Waals surface area contributed by atoms with Crippen LogP contribution >= 0.6 is 0 Å². The first-order valence-electron chi connectivity index (χ1n) is 20.9. The second-order valence-electron chi connectivity index (χ2n) is 15.3. The first kappa shape index (κ1) is 43.0. The van der Waals surface area contributed by atoms with Crippen molar-refractivity contribution in [3.05, 3.63) is 179 Å². The highest BCUT2D eigenvalue weighted by atomic mass is 16.8. The van der Waals surface area contributed by atoms with Crippen LogP contribution in [0.3, 0.4) is 0 Å². The van der Waals surface area contributed by atoms with E-state index in [1.165, 1.54) is 12.1 Å². The number of benzene rings is 5. The van der Waals surface area contributed by atoms with Gasteiger partial charge in [-0.3, -0.25) is 0 Å². The van der Waals surface area contributed by atoms with Crippen molar-refractivity contribution in [1.29, 1.82) is 0 Å². The first-order chi connectivity index (χ1) is 31.3. The van der Waals surface area contributed by atoms with Crippen molar-refractivity contribution >= 4 is 23.9 Å². The van der Waals surface area contributed by atoms with Gasteiger partial charge in [0.25, 0.3) is 0 Å².